The van der Waals surface area contributed by atoms with Crippen molar-refractivity contribution in [2.24, 2.45) is 5.73 Å². The molecule has 0 saturated carbocycles. The average molecular weight is 248 g/mol. The number of hydrogen-bond acceptors (Lipinski definition) is 6. The summed E-state index contributed by atoms with van der Waals surface area (Å²) >= 11 is 0. The highest BCUT2D eigenvalue weighted by Gasteiger charge is 1.91. The average Bonchev–Trinajstić information content (AvgIpc) is 2.35. The van der Waals surface area contributed by atoms with E-state index in [0.29, 0.717) is 59.2 Å². The van der Waals surface area contributed by atoms with E-state index in [9.17, 15) is 4.79 Å². The zero-order valence-electron chi connectivity index (χ0n) is 10.4. The number of hydrogen-bond donors (Lipinski definition) is 2. The molecule has 0 aliphatic carbocycles. The van der Waals surface area contributed by atoms with Gasteiger partial charge in [-0.15, -0.1) is 0 Å². The molecule has 6 nitrogen and oxygen atoms in total. The van der Waals surface area contributed by atoms with Gasteiger partial charge in [0.15, 0.2) is 0 Å². The first-order valence-corrected chi connectivity index (χ1v) is 5.99. The molecular formula is C11H24N2O4. The van der Waals surface area contributed by atoms with E-state index in [2.05, 4.69) is 5.32 Å². The summed E-state index contributed by atoms with van der Waals surface area (Å²) in [5.41, 5.74) is 5.26. The van der Waals surface area contributed by atoms with Crippen LogP contribution in [0.5, 0.6) is 0 Å². The molecule has 102 valence electrons. The second-order valence-electron chi connectivity index (χ2n) is 3.33. The van der Waals surface area contributed by atoms with E-state index in [-0.39, 0.29) is 0 Å². The van der Waals surface area contributed by atoms with Crippen molar-refractivity contribution >= 4 is 6.29 Å². The topological polar surface area (TPSA) is 82.8 Å². The summed E-state index contributed by atoms with van der Waals surface area (Å²) < 4.78 is 15.7. The van der Waals surface area contributed by atoms with Crippen LogP contribution in [0.3, 0.4) is 0 Å². The molecule has 0 fully saturated rings. The third-order valence-corrected chi connectivity index (χ3v) is 1.87. The van der Waals surface area contributed by atoms with Crippen LogP contribution in [0, 0.1) is 0 Å². The molecule has 0 aliphatic rings. The van der Waals surface area contributed by atoms with Crippen molar-refractivity contribution in [3.05, 3.63) is 0 Å². The van der Waals surface area contributed by atoms with Crippen LogP contribution >= 0.6 is 0 Å². The minimum absolute atomic E-state index is 0.542. The largest absolute Gasteiger partial charge is 0.378 e. The standard InChI is InChI=1S/C11H24N2O4/c12-2-6-15-8-10-17-11-9-16-7-4-13-3-1-5-14/h5,13H,1-4,6-12H2. The van der Waals surface area contributed by atoms with Crippen LogP contribution in [-0.2, 0) is 19.0 Å². The smallest absolute Gasteiger partial charge is 0.121 e. The molecule has 0 amide bonds. The summed E-state index contributed by atoms with van der Waals surface area (Å²) in [5, 5.41) is 3.08. The maximum absolute atomic E-state index is 10.0. The van der Waals surface area contributed by atoms with Gasteiger partial charge in [-0.25, -0.2) is 0 Å². The van der Waals surface area contributed by atoms with Crippen molar-refractivity contribution in [2.45, 2.75) is 6.42 Å². The lowest BCUT2D eigenvalue weighted by Crippen LogP contribution is -2.22. The molecule has 0 atom stereocenters. The Kier molecular flexibility index (Phi) is 15.0. The van der Waals surface area contributed by atoms with E-state index >= 15 is 0 Å². The highest BCUT2D eigenvalue weighted by molar-refractivity contribution is 5.49. The first-order valence-electron chi connectivity index (χ1n) is 5.99. The molecule has 0 aromatic heterocycles. The summed E-state index contributed by atoms with van der Waals surface area (Å²) in [5.74, 6) is 0. The number of carbonyl (C=O) groups excluding carboxylic acids is 1. The van der Waals surface area contributed by atoms with Gasteiger partial charge in [0.25, 0.3) is 0 Å². The SMILES string of the molecule is NCCOCCOCCOCCNCCC=O. The lowest BCUT2D eigenvalue weighted by Gasteiger charge is -2.06. The van der Waals surface area contributed by atoms with E-state index in [1.165, 1.54) is 0 Å². The van der Waals surface area contributed by atoms with Crippen molar-refractivity contribution in [2.75, 3.05) is 59.3 Å². The minimum Gasteiger partial charge on any atom is -0.378 e. The molecule has 0 aromatic rings. The van der Waals surface area contributed by atoms with Crippen molar-refractivity contribution < 1.29 is 19.0 Å². The molecule has 0 heterocycles. The molecule has 0 spiro atoms. The fourth-order valence-corrected chi connectivity index (χ4v) is 1.06. The van der Waals surface area contributed by atoms with Gasteiger partial charge in [-0.3, -0.25) is 0 Å². The molecule has 0 saturated heterocycles. The van der Waals surface area contributed by atoms with E-state index in [4.69, 9.17) is 19.9 Å². The minimum atomic E-state index is 0.542. The highest BCUT2D eigenvalue weighted by Crippen LogP contribution is 1.80. The summed E-state index contributed by atoms with van der Waals surface area (Å²) in [7, 11) is 0. The van der Waals surface area contributed by atoms with Crippen LogP contribution in [0.15, 0.2) is 0 Å². The molecule has 6 heteroatoms. The molecule has 0 unspecified atom stereocenters. The Morgan fingerprint density at radius 1 is 0.882 bits per heavy atom. The van der Waals surface area contributed by atoms with Gasteiger partial charge in [0.2, 0.25) is 0 Å². The predicted octanol–water partition coefficient (Wildman–Crippen LogP) is -0.826. The van der Waals surface area contributed by atoms with E-state index in [0.717, 1.165) is 12.8 Å². The molecule has 0 aromatic carbocycles. The van der Waals surface area contributed by atoms with Crippen LogP contribution in [0.4, 0.5) is 0 Å². The first kappa shape index (κ1) is 16.5. The second-order valence-corrected chi connectivity index (χ2v) is 3.33. The maximum atomic E-state index is 10.0. The number of ether oxygens (including phenoxy) is 3. The van der Waals surface area contributed by atoms with Crippen LogP contribution < -0.4 is 11.1 Å². The van der Waals surface area contributed by atoms with Crippen LogP contribution in [0.2, 0.25) is 0 Å². The van der Waals surface area contributed by atoms with Crippen LogP contribution in [0.25, 0.3) is 0 Å². The van der Waals surface area contributed by atoms with Gasteiger partial charge < -0.3 is 30.1 Å². The number of nitrogens with one attached hydrogen (secondary N) is 1. The van der Waals surface area contributed by atoms with Gasteiger partial charge in [0.05, 0.1) is 39.6 Å². The molecule has 0 rings (SSSR count). The third kappa shape index (κ3) is 15.5. The zero-order chi connectivity index (χ0) is 12.6. The van der Waals surface area contributed by atoms with Gasteiger partial charge in [0.1, 0.15) is 6.29 Å². The molecule has 0 bridgehead atoms. The Balaban J connectivity index is 2.87. The van der Waals surface area contributed by atoms with Crippen molar-refractivity contribution in [1.29, 1.82) is 0 Å². The number of aldehydes is 1. The van der Waals surface area contributed by atoms with Gasteiger partial charge in [-0.05, 0) is 0 Å². The molecule has 3 N–H and O–H groups in total. The third-order valence-electron chi connectivity index (χ3n) is 1.87. The lowest BCUT2D eigenvalue weighted by atomic mass is 10.4. The molecule has 17 heavy (non-hydrogen) atoms. The number of carbonyl (C=O) groups is 1. The zero-order valence-corrected chi connectivity index (χ0v) is 10.4. The highest BCUT2D eigenvalue weighted by atomic mass is 16.5. The summed E-state index contributed by atoms with van der Waals surface area (Å²) in [4.78, 5) is 10.0. The van der Waals surface area contributed by atoms with Crippen LogP contribution in [-0.4, -0.2) is 65.6 Å². The summed E-state index contributed by atoms with van der Waals surface area (Å²) in [6.07, 6.45) is 1.44. The maximum Gasteiger partial charge on any atom is 0.121 e. The number of rotatable bonds is 14. The lowest BCUT2D eigenvalue weighted by molar-refractivity contribution is -0.107. The van der Waals surface area contributed by atoms with Crippen LogP contribution in [0.1, 0.15) is 6.42 Å². The van der Waals surface area contributed by atoms with Gasteiger partial charge >= 0.3 is 0 Å². The second kappa shape index (κ2) is 15.5. The van der Waals surface area contributed by atoms with E-state index in [1.807, 2.05) is 0 Å². The molecule has 0 aliphatic heterocycles. The van der Waals surface area contributed by atoms with Crippen molar-refractivity contribution in [3.63, 3.8) is 0 Å². The summed E-state index contributed by atoms with van der Waals surface area (Å²) in [6, 6.07) is 0. The van der Waals surface area contributed by atoms with Gasteiger partial charge in [0, 0.05) is 26.1 Å². The van der Waals surface area contributed by atoms with E-state index in [1.54, 1.807) is 0 Å². The number of nitrogens with two attached hydrogens (primary N) is 1. The Bertz CT molecular complexity index is 158. The monoisotopic (exact) mass is 248 g/mol. The normalized spacial score (nSPS) is 10.6. The van der Waals surface area contributed by atoms with Gasteiger partial charge in [-0.1, -0.05) is 0 Å². The fourth-order valence-electron chi connectivity index (χ4n) is 1.06. The first-order chi connectivity index (χ1) is 8.41. The molecule has 0 radical (unpaired) electrons. The molecular weight excluding hydrogens is 224 g/mol. The predicted molar refractivity (Wildman–Crippen MR) is 65.1 cm³/mol. The Hall–Kier alpha value is -0.530. The quantitative estimate of drug-likeness (QED) is 0.308. The Labute approximate surface area is 103 Å². The Morgan fingerprint density at radius 2 is 1.47 bits per heavy atom. The summed E-state index contributed by atoms with van der Waals surface area (Å²) in [6.45, 7) is 5.51. The van der Waals surface area contributed by atoms with E-state index < -0.39 is 0 Å². The Morgan fingerprint density at radius 3 is 2.06 bits per heavy atom. The van der Waals surface area contributed by atoms with Crippen molar-refractivity contribution in [1.82, 2.24) is 5.32 Å². The fraction of sp³-hybridized carbons (Fsp3) is 0.909. The van der Waals surface area contributed by atoms with Gasteiger partial charge in [-0.2, -0.15) is 0 Å². The van der Waals surface area contributed by atoms with Crippen molar-refractivity contribution in [3.8, 4) is 0 Å².